The van der Waals surface area contributed by atoms with Gasteiger partial charge in [-0.25, -0.2) is 0 Å². The molecule has 6 rings (SSSR count). The van der Waals surface area contributed by atoms with Crippen LogP contribution in [-0.2, 0) is 6.42 Å². The van der Waals surface area contributed by atoms with E-state index in [2.05, 4.69) is 141 Å². The topological polar surface area (TPSA) is 18.5 Å². The minimum atomic E-state index is 0.193. The third-order valence-electron chi connectivity index (χ3n) is 8.63. The molecule has 52 heavy (non-hydrogen) atoms. The van der Waals surface area contributed by atoms with Gasteiger partial charge in [-0.1, -0.05) is 183 Å². The maximum Gasteiger partial charge on any atom is 0.132 e. The van der Waals surface area contributed by atoms with Gasteiger partial charge in [0, 0.05) is 22.6 Å². The summed E-state index contributed by atoms with van der Waals surface area (Å²) in [5.74, 6) is 2.50. The lowest BCUT2D eigenvalue weighted by atomic mass is 9.76. The molecule has 5 heteroatoms. The first-order chi connectivity index (χ1) is 25.5. The van der Waals surface area contributed by atoms with Crippen molar-refractivity contribution < 1.29 is 9.05 Å². The van der Waals surface area contributed by atoms with Gasteiger partial charge >= 0.3 is 0 Å². The summed E-state index contributed by atoms with van der Waals surface area (Å²) in [4.78, 5) is 0. The molecule has 5 aromatic carbocycles. The van der Waals surface area contributed by atoms with E-state index in [1.54, 1.807) is 17.2 Å². The molecule has 278 valence electrons. The van der Waals surface area contributed by atoms with Crippen molar-refractivity contribution >= 4 is 51.4 Å². The summed E-state index contributed by atoms with van der Waals surface area (Å²) >= 11 is 6.25. The molecule has 1 aliphatic carbocycles. The number of fused-ring (bicyclic) bond motifs is 3. The molecule has 5 aromatic rings. The van der Waals surface area contributed by atoms with E-state index < -0.39 is 0 Å². The van der Waals surface area contributed by atoms with Crippen molar-refractivity contribution in [3.05, 3.63) is 143 Å². The molecule has 0 amide bonds. The van der Waals surface area contributed by atoms with Crippen LogP contribution in [-0.4, -0.2) is 0 Å². The highest BCUT2D eigenvalue weighted by molar-refractivity contribution is 7.38. The molecule has 2 nitrogen and oxygen atoms in total. The number of benzene rings is 5. The Balaban J connectivity index is 0.000000428. The number of rotatable bonds is 11. The van der Waals surface area contributed by atoms with E-state index in [0.717, 1.165) is 61.5 Å². The van der Waals surface area contributed by atoms with Crippen LogP contribution < -0.4 is 9.05 Å². The SMILES string of the molecule is C=C/C=C(/Cl)C/C=C(\CC)POc1ccc2ccccc2c1-c1c(OP)ccc2ccccc12.CC.CC.CCC1Cc2ccccc21.CCCC. The van der Waals surface area contributed by atoms with Crippen LogP contribution in [0.2, 0.25) is 0 Å². The first-order valence-corrected chi connectivity index (χ1v) is 20.8. The summed E-state index contributed by atoms with van der Waals surface area (Å²) in [5, 5.41) is 6.54. The second kappa shape index (κ2) is 25.5. The fourth-order valence-corrected chi connectivity index (χ4v) is 6.83. The Morgan fingerprint density at radius 3 is 1.83 bits per heavy atom. The average Bonchev–Trinajstić information content (AvgIpc) is 3.20. The molecule has 0 saturated heterocycles. The van der Waals surface area contributed by atoms with E-state index in [9.17, 15) is 0 Å². The molecular weight excluding hydrogens is 694 g/mol. The van der Waals surface area contributed by atoms with Gasteiger partial charge in [0.15, 0.2) is 0 Å². The minimum absolute atomic E-state index is 0.193. The van der Waals surface area contributed by atoms with Crippen LogP contribution in [0.15, 0.2) is 132 Å². The predicted molar refractivity (Wildman–Crippen MR) is 240 cm³/mol. The maximum absolute atomic E-state index is 6.51. The summed E-state index contributed by atoms with van der Waals surface area (Å²) in [6.07, 6.45) is 12.5. The lowest BCUT2D eigenvalue weighted by molar-refractivity contribution is 0.589. The smallest absolute Gasteiger partial charge is 0.132 e. The third kappa shape index (κ3) is 12.6. The quantitative estimate of drug-likeness (QED) is 0.0987. The Bertz CT molecular complexity index is 1860. The van der Waals surface area contributed by atoms with E-state index in [4.69, 9.17) is 20.6 Å². The Kier molecular flexibility index (Phi) is 22.0. The third-order valence-corrected chi connectivity index (χ3v) is 10.3. The van der Waals surface area contributed by atoms with Gasteiger partial charge in [0.25, 0.3) is 0 Å². The van der Waals surface area contributed by atoms with Gasteiger partial charge in [0.1, 0.15) is 20.3 Å². The molecule has 0 aliphatic heterocycles. The van der Waals surface area contributed by atoms with E-state index in [0.29, 0.717) is 6.42 Å². The Morgan fingerprint density at radius 1 is 0.769 bits per heavy atom. The fourth-order valence-electron chi connectivity index (χ4n) is 5.72. The molecule has 0 bridgehead atoms. The minimum Gasteiger partial charge on any atom is -0.480 e. The highest BCUT2D eigenvalue weighted by Gasteiger charge is 2.23. The molecule has 3 unspecified atom stereocenters. The first-order valence-electron chi connectivity index (χ1n) is 19.1. The van der Waals surface area contributed by atoms with Gasteiger partial charge in [0.05, 0.1) is 9.47 Å². The van der Waals surface area contributed by atoms with Crippen LogP contribution in [0.5, 0.6) is 11.5 Å². The monoisotopic (exact) mass is 754 g/mol. The van der Waals surface area contributed by atoms with Crippen molar-refractivity contribution in [1.29, 1.82) is 0 Å². The van der Waals surface area contributed by atoms with Crippen LogP contribution in [0.1, 0.15) is 105 Å². The predicted octanol–water partition coefficient (Wildman–Crippen LogP) is 16.4. The standard InChI is InChI=1S/C29H27ClO2P2.C10H12.C4H10.2C2H6/c1-3-9-22(30)16-17-23(4-2)34-32-27-19-15-21-11-6-8-13-25(21)29(27)28-24-12-7-5-10-20(24)14-18-26(28)31-33;1-2-8-7-9-5-3-4-6-10(8)9;1-3-4-2;2*1-2/h3,5-15,17-19,34H,1,4,16,33H2,2H3;3-6,8H,2,7H2,1H3;3-4H2,1-2H3;2*1-2H3/b22-9+,23-17+;;;;. The lowest BCUT2D eigenvalue weighted by Crippen LogP contribution is -2.15. The lowest BCUT2D eigenvalue weighted by Gasteiger charge is -2.28. The molecule has 0 fully saturated rings. The summed E-state index contributed by atoms with van der Waals surface area (Å²) in [5.41, 5.74) is 5.22. The molecule has 0 radical (unpaired) electrons. The zero-order valence-corrected chi connectivity index (χ0v) is 35.7. The van der Waals surface area contributed by atoms with Gasteiger partial charge in [-0.15, -0.1) is 0 Å². The van der Waals surface area contributed by atoms with E-state index in [1.165, 1.54) is 31.0 Å². The van der Waals surface area contributed by atoms with Gasteiger partial charge in [-0.3, -0.25) is 0 Å². The second-order valence-electron chi connectivity index (χ2n) is 11.8. The molecule has 0 saturated carbocycles. The zero-order valence-electron chi connectivity index (χ0n) is 32.8. The van der Waals surface area contributed by atoms with Crippen LogP contribution in [0.3, 0.4) is 0 Å². The number of allylic oxidation sites excluding steroid dienone is 5. The maximum atomic E-state index is 6.51. The molecule has 0 N–H and O–H groups in total. The summed E-state index contributed by atoms with van der Waals surface area (Å²) in [6, 6.07) is 33.8. The van der Waals surface area contributed by atoms with E-state index >= 15 is 0 Å². The average molecular weight is 755 g/mol. The molecule has 1 aliphatic rings. The van der Waals surface area contributed by atoms with Crippen molar-refractivity contribution in [1.82, 2.24) is 0 Å². The van der Waals surface area contributed by atoms with Crippen molar-refractivity contribution in [3.8, 4) is 22.6 Å². The van der Waals surface area contributed by atoms with Crippen LogP contribution in [0.4, 0.5) is 0 Å². The van der Waals surface area contributed by atoms with Crippen molar-refractivity contribution in [2.45, 2.75) is 99.8 Å². The number of hydrogen-bond donors (Lipinski definition) is 0. The van der Waals surface area contributed by atoms with Crippen LogP contribution >= 0.6 is 29.9 Å². The Morgan fingerprint density at radius 2 is 1.31 bits per heavy atom. The number of halogens is 1. The summed E-state index contributed by atoms with van der Waals surface area (Å²) in [7, 11) is 2.58. The van der Waals surface area contributed by atoms with Gasteiger partial charge < -0.3 is 9.05 Å². The fraction of sp³-hybridized carbons (Fsp3) is 0.319. The highest BCUT2D eigenvalue weighted by atomic mass is 35.5. The molecule has 3 atom stereocenters. The number of hydrogen-bond acceptors (Lipinski definition) is 2. The van der Waals surface area contributed by atoms with E-state index in [-0.39, 0.29) is 8.81 Å². The van der Waals surface area contributed by atoms with E-state index in [1.807, 2.05) is 39.8 Å². The van der Waals surface area contributed by atoms with Crippen molar-refractivity contribution in [3.63, 3.8) is 0 Å². The molecule has 0 heterocycles. The summed E-state index contributed by atoms with van der Waals surface area (Å²) in [6.45, 7) is 20.5. The van der Waals surface area contributed by atoms with Crippen LogP contribution in [0, 0.1) is 0 Å². The zero-order chi connectivity index (χ0) is 38.3. The first kappa shape index (κ1) is 44.7. The highest BCUT2D eigenvalue weighted by Crippen LogP contribution is 2.48. The normalized spacial score (nSPS) is 13.2. The van der Waals surface area contributed by atoms with Gasteiger partial charge in [0.2, 0.25) is 0 Å². The molecule has 0 spiro atoms. The molecule has 0 aromatic heterocycles. The van der Waals surface area contributed by atoms with Crippen molar-refractivity contribution in [2.75, 3.05) is 0 Å². The van der Waals surface area contributed by atoms with Crippen molar-refractivity contribution in [2.24, 2.45) is 0 Å². The van der Waals surface area contributed by atoms with Gasteiger partial charge in [-0.05, 0) is 81.4 Å². The second-order valence-corrected chi connectivity index (χ2v) is 13.6. The molecular formula is C47H61ClO2P2. The Labute approximate surface area is 324 Å². The largest absolute Gasteiger partial charge is 0.480 e. The van der Waals surface area contributed by atoms with Gasteiger partial charge in [-0.2, -0.15) is 0 Å². The summed E-state index contributed by atoms with van der Waals surface area (Å²) < 4.78 is 12.3. The number of unbranched alkanes of at least 4 members (excludes halogenated alkanes) is 1. The Hall–Kier alpha value is -3.41. The van der Waals surface area contributed by atoms with Crippen LogP contribution in [0.25, 0.3) is 32.7 Å².